The zero-order valence-corrected chi connectivity index (χ0v) is 12.1. The van der Waals surface area contributed by atoms with Gasteiger partial charge in [0.1, 0.15) is 11.5 Å². The topological polar surface area (TPSA) is 30.5 Å². The van der Waals surface area contributed by atoms with Gasteiger partial charge in [0.25, 0.3) is 0 Å². The molecule has 1 aromatic carbocycles. The summed E-state index contributed by atoms with van der Waals surface area (Å²) in [5, 5.41) is 3.16. The van der Waals surface area contributed by atoms with Gasteiger partial charge in [-0.1, -0.05) is 19.9 Å². The van der Waals surface area contributed by atoms with Gasteiger partial charge in [-0.3, -0.25) is 0 Å². The third kappa shape index (κ3) is 6.20. The SMILES string of the molecule is CC(C)C(C)NCc1ccc(OC(F)F)cc1OC(F)F. The highest BCUT2D eigenvalue weighted by atomic mass is 19.3. The van der Waals surface area contributed by atoms with Gasteiger partial charge in [-0.25, -0.2) is 0 Å². The van der Waals surface area contributed by atoms with Crippen molar-refractivity contribution in [2.24, 2.45) is 5.92 Å². The third-order valence-corrected chi connectivity index (χ3v) is 3.09. The van der Waals surface area contributed by atoms with Crippen molar-refractivity contribution in [3.05, 3.63) is 23.8 Å². The molecule has 0 radical (unpaired) electrons. The molecule has 0 saturated heterocycles. The van der Waals surface area contributed by atoms with Gasteiger partial charge in [0.05, 0.1) is 0 Å². The van der Waals surface area contributed by atoms with Crippen LogP contribution in [0.4, 0.5) is 17.6 Å². The summed E-state index contributed by atoms with van der Waals surface area (Å²) < 4.78 is 57.6. The van der Waals surface area contributed by atoms with Crippen molar-refractivity contribution >= 4 is 0 Å². The Morgan fingerprint density at radius 2 is 1.62 bits per heavy atom. The van der Waals surface area contributed by atoms with Crippen molar-refractivity contribution in [1.82, 2.24) is 5.32 Å². The van der Waals surface area contributed by atoms with Gasteiger partial charge in [0.2, 0.25) is 0 Å². The van der Waals surface area contributed by atoms with Crippen molar-refractivity contribution in [3.8, 4) is 11.5 Å². The number of alkyl halides is 4. The molecule has 0 aromatic heterocycles. The van der Waals surface area contributed by atoms with Crippen molar-refractivity contribution in [2.75, 3.05) is 0 Å². The maximum absolute atomic E-state index is 12.4. The van der Waals surface area contributed by atoms with E-state index in [2.05, 4.69) is 14.8 Å². The summed E-state index contributed by atoms with van der Waals surface area (Å²) in [6.45, 7) is 0.243. The molecule has 1 rings (SSSR count). The Balaban J connectivity index is 2.85. The van der Waals surface area contributed by atoms with Crippen molar-refractivity contribution < 1.29 is 27.0 Å². The maximum Gasteiger partial charge on any atom is 0.387 e. The number of nitrogens with one attached hydrogen (secondary N) is 1. The molecule has 0 heterocycles. The van der Waals surface area contributed by atoms with E-state index in [0.717, 1.165) is 6.07 Å². The molecule has 0 spiro atoms. The first-order valence-electron chi connectivity index (χ1n) is 6.55. The number of halogens is 4. The second-order valence-electron chi connectivity index (χ2n) is 4.94. The predicted molar refractivity (Wildman–Crippen MR) is 70.8 cm³/mol. The van der Waals surface area contributed by atoms with E-state index in [1.165, 1.54) is 12.1 Å². The van der Waals surface area contributed by atoms with Crippen LogP contribution in [-0.4, -0.2) is 19.3 Å². The number of hydrogen-bond donors (Lipinski definition) is 1. The predicted octanol–water partition coefficient (Wildman–Crippen LogP) is 4.02. The summed E-state index contributed by atoms with van der Waals surface area (Å²) in [7, 11) is 0. The lowest BCUT2D eigenvalue weighted by atomic mass is 10.1. The molecule has 21 heavy (non-hydrogen) atoms. The molecule has 120 valence electrons. The molecule has 0 amide bonds. The summed E-state index contributed by atoms with van der Waals surface area (Å²) in [6.07, 6.45) is 0. The minimum atomic E-state index is -3.03. The third-order valence-electron chi connectivity index (χ3n) is 3.09. The molecule has 1 N–H and O–H groups in total. The van der Waals surface area contributed by atoms with Gasteiger partial charge >= 0.3 is 13.2 Å². The Kier molecular flexibility index (Phi) is 6.74. The summed E-state index contributed by atoms with van der Waals surface area (Å²) in [6, 6.07) is 3.92. The van der Waals surface area contributed by atoms with E-state index in [4.69, 9.17) is 0 Å². The van der Waals surface area contributed by atoms with Crippen LogP contribution in [0.5, 0.6) is 11.5 Å². The molecule has 1 aromatic rings. The highest BCUT2D eigenvalue weighted by molar-refractivity contribution is 5.40. The minimum Gasteiger partial charge on any atom is -0.435 e. The molecule has 0 fully saturated rings. The second-order valence-corrected chi connectivity index (χ2v) is 4.94. The summed E-state index contributed by atoms with van der Waals surface area (Å²) in [4.78, 5) is 0. The fourth-order valence-electron chi connectivity index (χ4n) is 1.57. The Morgan fingerprint density at radius 3 is 2.14 bits per heavy atom. The zero-order valence-electron chi connectivity index (χ0n) is 12.1. The summed E-state index contributed by atoms with van der Waals surface area (Å²) in [5.74, 6) is -0.0289. The van der Waals surface area contributed by atoms with E-state index < -0.39 is 13.2 Å². The minimum absolute atomic E-state index is 0.168. The van der Waals surface area contributed by atoms with Crippen LogP contribution >= 0.6 is 0 Å². The molecule has 0 saturated carbocycles. The molecule has 0 aliphatic rings. The maximum atomic E-state index is 12.4. The Hall–Kier alpha value is -1.50. The van der Waals surface area contributed by atoms with Crippen LogP contribution in [0.2, 0.25) is 0 Å². The fourth-order valence-corrected chi connectivity index (χ4v) is 1.57. The van der Waals surface area contributed by atoms with Crippen molar-refractivity contribution in [2.45, 2.75) is 46.6 Å². The first-order chi connectivity index (χ1) is 9.79. The van der Waals surface area contributed by atoms with E-state index in [-0.39, 0.29) is 24.1 Å². The van der Waals surface area contributed by atoms with Crippen LogP contribution in [0.3, 0.4) is 0 Å². The standard InChI is InChI=1S/C14H19F4NO2/c1-8(2)9(3)19-7-10-4-5-11(20-13(15)16)6-12(10)21-14(17)18/h4-6,8-9,13-14,19H,7H2,1-3H3. The smallest absolute Gasteiger partial charge is 0.387 e. The van der Waals surface area contributed by atoms with Crippen LogP contribution in [0.15, 0.2) is 18.2 Å². The fraction of sp³-hybridized carbons (Fsp3) is 0.571. The molecule has 0 aliphatic heterocycles. The lowest BCUT2D eigenvalue weighted by Gasteiger charge is -2.19. The number of ether oxygens (including phenoxy) is 2. The van der Waals surface area contributed by atoms with Gasteiger partial charge in [0.15, 0.2) is 0 Å². The average molecular weight is 309 g/mol. The zero-order chi connectivity index (χ0) is 16.0. The Labute approximate surface area is 121 Å². The highest BCUT2D eigenvalue weighted by Gasteiger charge is 2.14. The number of benzene rings is 1. The van der Waals surface area contributed by atoms with E-state index in [1.807, 2.05) is 20.8 Å². The molecule has 0 bridgehead atoms. The van der Waals surface area contributed by atoms with Crippen LogP contribution < -0.4 is 14.8 Å². The lowest BCUT2D eigenvalue weighted by Crippen LogP contribution is -2.30. The van der Waals surface area contributed by atoms with Gasteiger partial charge in [0, 0.05) is 24.2 Å². The van der Waals surface area contributed by atoms with Crippen molar-refractivity contribution in [1.29, 1.82) is 0 Å². The Bertz CT molecular complexity index is 441. The van der Waals surface area contributed by atoms with Crippen LogP contribution in [0.1, 0.15) is 26.3 Å². The van der Waals surface area contributed by atoms with E-state index in [1.54, 1.807) is 0 Å². The molecule has 3 nitrogen and oxygen atoms in total. The largest absolute Gasteiger partial charge is 0.435 e. The quantitative estimate of drug-likeness (QED) is 0.736. The molecular weight excluding hydrogens is 290 g/mol. The average Bonchev–Trinajstić information content (AvgIpc) is 2.35. The van der Waals surface area contributed by atoms with E-state index in [0.29, 0.717) is 11.5 Å². The summed E-state index contributed by atoms with van der Waals surface area (Å²) in [5.41, 5.74) is 0.449. The van der Waals surface area contributed by atoms with Gasteiger partial charge in [-0.2, -0.15) is 17.6 Å². The molecule has 0 aliphatic carbocycles. The normalized spacial score (nSPS) is 13.0. The first-order valence-corrected chi connectivity index (χ1v) is 6.55. The van der Waals surface area contributed by atoms with Gasteiger partial charge in [-0.05, 0) is 18.9 Å². The summed E-state index contributed by atoms with van der Waals surface area (Å²) >= 11 is 0. The molecule has 1 unspecified atom stereocenters. The van der Waals surface area contributed by atoms with E-state index in [9.17, 15) is 17.6 Å². The first kappa shape index (κ1) is 17.6. The molecular formula is C14H19F4NO2. The van der Waals surface area contributed by atoms with Crippen LogP contribution in [0, 0.1) is 5.92 Å². The van der Waals surface area contributed by atoms with Crippen molar-refractivity contribution in [3.63, 3.8) is 0 Å². The van der Waals surface area contributed by atoms with Gasteiger partial charge < -0.3 is 14.8 Å². The number of rotatable bonds is 8. The van der Waals surface area contributed by atoms with Crippen LogP contribution in [0.25, 0.3) is 0 Å². The Morgan fingerprint density at radius 1 is 1.00 bits per heavy atom. The molecule has 7 heteroatoms. The second kappa shape index (κ2) is 8.07. The molecule has 1 atom stereocenters. The highest BCUT2D eigenvalue weighted by Crippen LogP contribution is 2.27. The lowest BCUT2D eigenvalue weighted by molar-refractivity contribution is -0.0547. The van der Waals surface area contributed by atoms with Crippen LogP contribution in [-0.2, 0) is 6.54 Å². The van der Waals surface area contributed by atoms with Gasteiger partial charge in [-0.15, -0.1) is 0 Å². The number of hydrogen-bond acceptors (Lipinski definition) is 3. The monoisotopic (exact) mass is 309 g/mol. The van der Waals surface area contributed by atoms with E-state index >= 15 is 0 Å².